The smallest absolute Gasteiger partial charge is 0.277 e. The average molecular weight is 421 g/mol. The Morgan fingerprint density at radius 3 is 2.47 bits per heavy atom. The summed E-state index contributed by atoms with van der Waals surface area (Å²) in [6, 6.07) is 16.0. The van der Waals surface area contributed by atoms with Gasteiger partial charge in [0.15, 0.2) is 0 Å². The number of carbonyl (C=O) groups is 2. The monoisotopic (exact) mass is 420 g/mol. The highest BCUT2D eigenvalue weighted by atomic mass is 35.5. The van der Waals surface area contributed by atoms with Crippen molar-refractivity contribution in [1.29, 1.82) is 5.26 Å². The maximum absolute atomic E-state index is 13.2. The molecule has 30 heavy (non-hydrogen) atoms. The third-order valence-corrected chi connectivity index (χ3v) is 5.24. The quantitative estimate of drug-likeness (QED) is 0.599. The number of hydrogen-bond acceptors (Lipinski definition) is 6. The van der Waals surface area contributed by atoms with Crippen LogP contribution in [-0.4, -0.2) is 25.5 Å². The summed E-state index contributed by atoms with van der Waals surface area (Å²) in [7, 11) is 1.77. The molecule has 0 aromatic heterocycles. The number of imide groups is 1. The molecule has 2 aliphatic rings. The molecule has 0 saturated carbocycles. The van der Waals surface area contributed by atoms with Crippen molar-refractivity contribution < 1.29 is 14.3 Å². The lowest BCUT2D eigenvalue weighted by atomic mass is 10.1. The first-order valence-corrected chi connectivity index (χ1v) is 9.61. The van der Waals surface area contributed by atoms with Gasteiger partial charge in [0.25, 0.3) is 11.8 Å². The molecule has 2 aliphatic heterocycles. The van der Waals surface area contributed by atoms with Crippen molar-refractivity contribution in [1.82, 2.24) is 0 Å². The van der Waals surface area contributed by atoms with Gasteiger partial charge in [0.05, 0.1) is 29.2 Å². The summed E-state index contributed by atoms with van der Waals surface area (Å²) in [6.07, 6.45) is 0. The second-order valence-electron chi connectivity index (χ2n) is 6.60. The summed E-state index contributed by atoms with van der Waals surface area (Å²) in [5.74, 6) is -0.313. The maximum Gasteiger partial charge on any atom is 0.277 e. The maximum atomic E-state index is 13.2. The third kappa shape index (κ3) is 2.98. The Balaban J connectivity index is 1.73. The van der Waals surface area contributed by atoms with E-state index < -0.39 is 11.8 Å². The predicted molar refractivity (Wildman–Crippen MR) is 114 cm³/mol. The molecule has 2 aromatic rings. The van der Waals surface area contributed by atoms with E-state index in [1.54, 1.807) is 36.2 Å². The molecule has 8 heteroatoms. The molecular weight excluding hydrogens is 404 g/mol. The van der Waals surface area contributed by atoms with Gasteiger partial charge in [-0.1, -0.05) is 23.7 Å². The number of anilines is 3. The Kier molecular flexibility index (Phi) is 4.94. The van der Waals surface area contributed by atoms with Crippen LogP contribution in [0.3, 0.4) is 0 Å². The van der Waals surface area contributed by atoms with E-state index in [9.17, 15) is 14.9 Å². The molecule has 0 saturated heterocycles. The van der Waals surface area contributed by atoms with Crippen LogP contribution in [0.1, 0.15) is 6.92 Å². The number of nitriles is 1. The fraction of sp³-hybridized carbons (Fsp3) is 0.136. The molecule has 1 N–H and O–H groups in total. The summed E-state index contributed by atoms with van der Waals surface area (Å²) < 4.78 is 5.40. The highest BCUT2D eigenvalue weighted by Gasteiger charge is 2.42. The molecule has 150 valence electrons. The van der Waals surface area contributed by atoms with Gasteiger partial charge in [-0.3, -0.25) is 9.59 Å². The largest absolute Gasteiger partial charge is 0.494 e. The van der Waals surface area contributed by atoms with Crippen LogP contribution in [-0.2, 0) is 9.59 Å². The van der Waals surface area contributed by atoms with Gasteiger partial charge in [-0.25, -0.2) is 4.90 Å². The van der Waals surface area contributed by atoms with Gasteiger partial charge in [0, 0.05) is 7.05 Å². The molecule has 2 heterocycles. The minimum absolute atomic E-state index is 0.00508. The molecule has 2 aromatic carbocycles. The third-order valence-electron chi connectivity index (χ3n) is 4.89. The minimum atomic E-state index is -0.674. The van der Waals surface area contributed by atoms with Crippen LogP contribution in [0.15, 0.2) is 70.5 Å². The molecule has 4 rings (SSSR count). The van der Waals surface area contributed by atoms with Crippen molar-refractivity contribution in [3.8, 4) is 11.8 Å². The standard InChI is InChI=1S/C22H17ClN4O3/c1-3-30-14-10-8-13(9-11-14)27-21(28)18(19(23)22(27)29)15(12-24)20-25-16-6-4-5-7-17(16)26(20)2/h4-11,25H,3H2,1-2H3. The van der Waals surface area contributed by atoms with Crippen LogP contribution in [0, 0.1) is 11.3 Å². The molecular formula is C22H17ClN4O3. The topological polar surface area (TPSA) is 85.7 Å². The molecule has 0 radical (unpaired) electrons. The second-order valence-corrected chi connectivity index (χ2v) is 6.98. The normalized spacial score (nSPS) is 17.1. The lowest BCUT2D eigenvalue weighted by Crippen LogP contribution is -2.31. The Bertz CT molecular complexity index is 1160. The van der Waals surface area contributed by atoms with Gasteiger partial charge in [0.2, 0.25) is 0 Å². The Labute approximate surface area is 178 Å². The van der Waals surface area contributed by atoms with Crippen LogP contribution >= 0.6 is 11.6 Å². The number of hydrogen-bond donors (Lipinski definition) is 1. The second kappa shape index (κ2) is 7.58. The molecule has 7 nitrogen and oxygen atoms in total. The summed E-state index contributed by atoms with van der Waals surface area (Å²) in [6.45, 7) is 2.36. The van der Waals surface area contributed by atoms with E-state index >= 15 is 0 Å². The van der Waals surface area contributed by atoms with Crippen molar-refractivity contribution in [2.24, 2.45) is 0 Å². The van der Waals surface area contributed by atoms with Gasteiger partial charge >= 0.3 is 0 Å². The fourth-order valence-corrected chi connectivity index (χ4v) is 3.73. The van der Waals surface area contributed by atoms with Crippen molar-refractivity contribution >= 4 is 40.5 Å². The zero-order chi connectivity index (χ0) is 21.4. The first-order valence-electron chi connectivity index (χ1n) is 9.23. The lowest BCUT2D eigenvalue weighted by Gasteiger charge is -2.17. The number of fused-ring (bicyclic) bond motifs is 1. The number of halogens is 1. The first kappa shape index (κ1) is 19.6. The van der Waals surface area contributed by atoms with Gasteiger partial charge in [-0.05, 0) is 43.3 Å². The molecule has 2 amide bonds. The van der Waals surface area contributed by atoms with Gasteiger partial charge in [0.1, 0.15) is 28.2 Å². The van der Waals surface area contributed by atoms with E-state index in [0.717, 1.165) is 16.3 Å². The summed E-state index contributed by atoms with van der Waals surface area (Å²) >= 11 is 6.27. The highest BCUT2D eigenvalue weighted by Crippen LogP contribution is 2.40. The number of ether oxygens (including phenoxy) is 1. The van der Waals surface area contributed by atoms with Crippen molar-refractivity contribution in [2.45, 2.75) is 6.92 Å². The van der Waals surface area contributed by atoms with Crippen LogP contribution in [0.5, 0.6) is 5.75 Å². The van der Waals surface area contributed by atoms with Crippen LogP contribution in [0.4, 0.5) is 17.1 Å². The van der Waals surface area contributed by atoms with E-state index in [2.05, 4.69) is 5.32 Å². The molecule has 0 unspecified atom stereocenters. The molecule has 0 bridgehead atoms. The number of rotatable bonds is 4. The van der Waals surface area contributed by atoms with E-state index in [-0.39, 0.29) is 16.2 Å². The van der Waals surface area contributed by atoms with E-state index in [1.807, 2.05) is 37.3 Å². The predicted octanol–water partition coefficient (Wildman–Crippen LogP) is 3.75. The summed E-state index contributed by atoms with van der Waals surface area (Å²) in [5, 5.41) is 12.7. The number of carbonyl (C=O) groups excluding carboxylic acids is 2. The van der Waals surface area contributed by atoms with E-state index in [0.29, 0.717) is 23.9 Å². The number of para-hydroxylation sites is 2. The van der Waals surface area contributed by atoms with E-state index in [1.165, 1.54) is 0 Å². The average Bonchev–Trinajstić information content (AvgIpc) is 3.19. The molecule has 0 fully saturated rings. The van der Waals surface area contributed by atoms with Crippen LogP contribution in [0.2, 0.25) is 0 Å². The zero-order valence-electron chi connectivity index (χ0n) is 16.3. The Hall–Kier alpha value is -3.76. The SMILES string of the molecule is CCOc1ccc(N2C(=O)C(Cl)=C(C(C#N)=C3Nc4ccccc4N3C)C2=O)cc1. The minimum Gasteiger partial charge on any atom is -0.494 e. The van der Waals surface area contributed by atoms with Crippen LogP contribution < -0.4 is 19.9 Å². The van der Waals surface area contributed by atoms with Crippen LogP contribution in [0.25, 0.3) is 0 Å². The van der Waals surface area contributed by atoms with Crippen molar-refractivity contribution in [3.63, 3.8) is 0 Å². The summed E-state index contributed by atoms with van der Waals surface area (Å²) in [4.78, 5) is 28.7. The van der Waals surface area contributed by atoms with Crippen molar-refractivity contribution in [3.05, 3.63) is 70.5 Å². The molecule has 0 aliphatic carbocycles. The number of benzene rings is 2. The lowest BCUT2D eigenvalue weighted by molar-refractivity contribution is -0.120. The van der Waals surface area contributed by atoms with Gasteiger partial charge < -0.3 is 15.0 Å². The fourth-order valence-electron chi connectivity index (χ4n) is 3.47. The zero-order valence-corrected chi connectivity index (χ0v) is 17.0. The Morgan fingerprint density at radius 2 is 1.83 bits per heavy atom. The summed E-state index contributed by atoms with van der Waals surface area (Å²) in [5.41, 5.74) is 1.86. The van der Waals surface area contributed by atoms with Gasteiger partial charge in [-0.15, -0.1) is 0 Å². The first-order chi connectivity index (χ1) is 14.5. The molecule has 0 atom stereocenters. The number of nitrogens with one attached hydrogen (secondary N) is 1. The number of amides is 2. The Morgan fingerprint density at radius 1 is 1.13 bits per heavy atom. The van der Waals surface area contributed by atoms with Crippen molar-refractivity contribution in [2.75, 3.05) is 28.8 Å². The van der Waals surface area contributed by atoms with Gasteiger partial charge in [-0.2, -0.15) is 5.26 Å². The molecule has 0 spiro atoms. The van der Waals surface area contributed by atoms with E-state index in [4.69, 9.17) is 16.3 Å². The number of nitrogens with zero attached hydrogens (tertiary/aromatic N) is 3. The highest BCUT2D eigenvalue weighted by molar-refractivity contribution is 6.53.